The molecule has 0 bridgehead atoms. The highest BCUT2D eigenvalue weighted by atomic mass is 17.2. The van der Waals surface area contributed by atoms with Crippen LogP contribution in [0.5, 0.6) is 0 Å². The molecule has 0 aromatic carbocycles. The minimum atomic E-state index is -1.24. The summed E-state index contributed by atoms with van der Waals surface area (Å²) < 4.78 is 0. The molecule has 16 heavy (non-hydrogen) atoms. The Labute approximate surface area is 94.1 Å². The van der Waals surface area contributed by atoms with Crippen molar-refractivity contribution in [1.29, 1.82) is 0 Å². The second-order valence-electron chi connectivity index (χ2n) is 3.46. The lowest BCUT2D eigenvalue weighted by molar-refractivity contribution is -0.264. The van der Waals surface area contributed by atoms with Gasteiger partial charge in [0.15, 0.2) is 0 Å². The molecule has 6 heteroatoms. The van der Waals surface area contributed by atoms with Gasteiger partial charge in [-0.05, 0) is 13.3 Å². The molecule has 0 rings (SSSR count). The summed E-state index contributed by atoms with van der Waals surface area (Å²) in [4.78, 5) is 30.5. The normalized spacial score (nSPS) is 16.1. The van der Waals surface area contributed by atoms with Crippen molar-refractivity contribution in [2.75, 3.05) is 0 Å². The Bertz CT molecular complexity index is 237. The van der Waals surface area contributed by atoms with Gasteiger partial charge >= 0.3 is 11.9 Å². The van der Waals surface area contributed by atoms with Crippen LogP contribution in [0.1, 0.15) is 33.6 Å². The molecule has 0 radical (unpaired) electrons. The predicted octanol–water partition coefficient (Wildman–Crippen LogP) is 0.166. The zero-order valence-electron chi connectivity index (χ0n) is 9.67. The third-order valence-corrected chi connectivity index (χ3v) is 2.15. The molecule has 0 aliphatic rings. The van der Waals surface area contributed by atoms with Crippen LogP contribution < -0.4 is 0 Å². The fourth-order valence-electron chi connectivity index (χ4n) is 1.09. The van der Waals surface area contributed by atoms with E-state index < -0.39 is 30.1 Å². The maximum atomic E-state index is 11.4. The van der Waals surface area contributed by atoms with Crippen LogP contribution in [0.2, 0.25) is 0 Å². The first-order chi connectivity index (χ1) is 7.43. The smallest absolute Gasteiger partial charge is 0.361 e. The van der Waals surface area contributed by atoms with Crippen LogP contribution in [0, 0.1) is 5.92 Å². The van der Waals surface area contributed by atoms with Crippen LogP contribution in [-0.2, 0) is 19.4 Å². The van der Waals surface area contributed by atoms with Crippen molar-refractivity contribution in [2.45, 2.75) is 45.8 Å². The van der Waals surface area contributed by atoms with Gasteiger partial charge in [0.2, 0.25) is 0 Å². The van der Waals surface area contributed by atoms with Crippen molar-refractivity contribution in [3.05, 3.63) is 0 Å². The Balaban J connectivity index is 4.26. The van der Waals surface area contributed by atoms with Gasteiger partial charge in [-0.3, -0.25) is 0 Å². The molecule has 0 saturated carbocycles. The van der Waals surface area contributed by atoms with E-state index in [0.717, 1.165) is 0 Å². The van der Waals surface area contributed by atoms with E-state index in [9.17, 15) is 14.7 Å². The molecule has 0 heterocycles. The van der Waals surface area contributed by atoms with Gasteiger partial charge in [-0.15, -0.1) is 0 Å². The molecular formula is C10H18O6. The Hall–Kier alpha value is -1.14. The van der Waals surface area contributed by atoms with Gasteiger partial charge in [0.25, 0.3) is 0 Å². The average Bonchev–Trinajstić information content (AvgIpc) is 2.26. The van der Waals surface area contributed by atoms with Crippen LogP contribution in [0.15, 0.2) is 0 Å². The van der Waals surface area contributed by atoms with Crippen molar-refractivity contribution < 1.29 is 29.6 Å². The molecule has 3 atom stereocenters. The Morgan fingerprint density at radius 2 is 1.75 bits per heavy atom. The van der Waals surface area contributed by atoms with Crippen molar-refractivity contribution in [1.82, 2.24) is 0 Å². The molecule has 0 fully saturated rings. The van der Waals surface area contributed by atoms with Gasteiger partial charge in [0.1, 0.15) is 0 Å². The van der Waals surface area contributed by atoms with Crippen LogP contribution in [0.4, 0.5) is 0 Å². The molecule has 3 unspecified atom stereocenters. The molecule has 0 amide bonds. The molecule has 0 aliphatic heterocycles. The van der Waals surface area contributed by atoms with Crippen molar-refractivity contribution >= 4 is 11.9 Å². The Kier molecular flexibility index (Phi) is 6.67. The van der Waals surface area contributed by atoms with E-state index in [-0.39, 0.29) is 12.8 Å². The summed E-state index contributed by atoms with van der Waals surface area (Å²) in [5.41, 5.74) is 0. The molecule has 6 nitrogen and oxygen atoms in total. The second-order valence-corrected chi connectivity index (χ2v) is 3.46. The molecule has 0 aromatic rings. The number of carbonyl (C=O) groups is 2. The van der Waals surface area contributed by atoms with E-state index >= 15 is 0 Å². The number of aliphatic hydroxyl groups excluding tert-OH is 2. The Morgan fingerprint density at radius 3 is 2.12 bits per heavy atom. The van der Waals surface area contributed by atoms with Crippen LogP contribution in [0.3, 0.4) is 0 Å². The zero-order valence-corrected chi connectivity index (χ0v) is 9.67. The SMILES string of the molecule is CCC(=O)OOC(=O)C(CC)C(O)C(C)O. The van der Waals surface area contributed by atoms with E-state index in [4.69, 9.17) is 5.11 Å². The highest BCUT2D eigenvalue weighted by Crippen LogP contribution is 2.14. The lowest BCUT2D eigenvalue weighted by atomic mass is 9.96. The molecule has 0 saturated heterocycles. The largest absolute Gasteiger partial charge is 0.391 e. The highest BCUT2D eigenvalue weighted by molar-refractivity contribution is 5.74. The number of rotatable bonds is 5. The fraction of sp³-hybridized carbons (Fsp3) is 0.800. The van der Waals surface area contributed by atoms with Gasteiger partial charge in [0, 0.05) is 6.42 Å². The second kappa shape index (κ2) is 7.19. The lowest BCUT2D eigenvalue weighted by Gasteiger charge is -2.20. The summed E-state index contributed by atoms with van der Waals surface area (Å²) in [6.07, 6.45) is -1.94. The molecular weight excluding hydrogens is 216 g/mol. The van der Waals surface area contributed by atoms with Gasteiger partial charge in [-0.1, -0.05) is 13.8 Å². The maximum absolute atomic E-state index is 11.4. The molecule has 0 aromatic heterocycles. The minimum absolute atomic E-state index is 0.0863. The quantitative estimate of drug-likeness (QED) is 0.520. The first-order valence-corrected chi connectivity index (χ1v) is 5.21. The van der Waals surface area contributed by atoms with E-state index in [1.807, 2.05) is 0 Å². The summed E-state index contributed by atoms with van der Waals surface area (Å²) in [6, 6.07) is 0. The predicted molar refractivity (Wildman–Crippen MR) is 53.9 cm³/mol. The third kappa shape index (κ3) is 4.59. The third-order valence-electron chi connectivity index (χ3n) is 2.15. The lowest BCUT2D eigenvalue weighted by Crippen LogP contribution is -2.37. The average molecular weight is 234 g/mol. The summed E-state index contributed by atoms with van der Waals surface area (Å²) in [5.74, 6) is -2.45. The topological polar surface area (TPSA) is 93.1 Å². The number of carbonyl (C=O) groups excluding carboxylic acids is 2. The monoisotopic (exact) mass is 234 g/mol. The number of hydrogen-bond donors (Lipinski definition) is 2. The highest BCUT2D eigenvalue weighted by Gasteiger charge is 2.31. The number of aliphatic hydroxyl groups is 2. The number of hydrogen-bond acceptors (Lipinski definition) is 6. The van der Waals surface area contributed by atoms with Gasteiger partial charge in [-0.2, -0.15) is 0 Å². The van der Waals surface area contributed by atoms with Crippen molar-refractivity contribution in [3.8, 4) is 0 Å². The van der Waals surface area contributed by atoms with E-state index in [0.29, 0.717) is 0 Å². The summed E-state index contributed by atoms with van der Waals surface area (Å²) >= 11 is 0. The van der Waals surface area contributed by atoms with Crippen molar-refractivity contribution in [2.24, 2.45) is 5.92 Å². The Morgan fingerprint density at radius 1 is 1.19 bits per heavy atom. The first-order valence-electron chi connectivity index (χ1n) is 5.21. The molecule has 0 aliphatic carbocycles. The molecule has 2 N–H and O–H groups in total. The van der Waals surface area contributed by atoms with Gasteiger partial charge in [-0.25, -0.2) is 19.4 Å². The fourth-order valence-corrected chi connectivity index (χ4v) is 1.09. The van der Waals surface area contributed by atoms with Crippen molar-refractivity contribution in [3.63, 3.8) is 0 Å². The first kappa shape index (κ1) is 14.9. The standard InChI is InChI=1S/C10H18O6/c1-4-7(9(13)6(3)11)10(14)16-15-8(12)5-2/h6-7,9,11,13H,4-5H2,1-3H3. The minimum Gasteiger partial charge on any atom is -0.391 e. The maximum Gasteiger partial charge on any atom is 0.361 e. The van der Waals surface area contributed by atoms with Crippen LogP contribution >= 0.6 is 0 Å². The van der Waals surface area contributed by atoms with Crippen LogP contribution in [0.25, 0.3) is 0 Å². The zero-order chi connectivity index (χ0) is 12.7. The van der Waals surface area contributed by atoms with Crippen LogP contribution in [-0.4, -0.2) is 34.4 Å². The van der Waals surface area contributed by atoms with Gasteiger partial charge in [0.05, 0.1) is 18.1 Å². The van der Waals surface area contributed by atoms with E-state index in [2.05, 4.69) is 9.78 Å². The molecule has 94 valence electrons. The van der Waals surface area contributed by atoms with Gasteiger partial charge < -0.3 is 10.2 Å². The summed E-state index contributed by atoms with van der Waals surface area (Å²) in [5, 5.41) is 18.6. The summed E-state index contributed by atoms with van der Waals surface area (Å²) in [7, 11) is 0. The van der Waals surface area contributed by atoms with E-state index in [1.165, 1.54) is 6.92 Å². The summed E-state index contributed by atoms with van der Waals surface area (Å²) in [6.45, 7) is 4.57. The molecule has 0 spiro atoms. The van der Waals surface area contributed by atoms with E-state index in [1.54, 1.807) is 13.8 Å².